The topological polar surface area (TPSA) is 109 Å². The molecule has 8 nitrogen and oxygen atoms in total. The highest BCUT2D eigenvalue weighted by Crippen LogP contribution is 2.30. The molecule has 4 amide bonds. The number of hydrogen-bond acceptors (Lipinski definition) is 4. The van der Waals surface area contributed by atoms with Crippen LogP contribution in [-0.2, 0) is 9.59 Å². The van der Waals surface area contributed by atoms with Crippen molar-refractivity contribution in [3.05, 3.63) is 87.2 Å². The van der Waals surface area contributed by atoms with Gasteiger partial charge in [0.15, 0.2) is 0 Å². The minimum absolute atomic E-state index is 0.0703. The number of aromatic carboxylic acids is 1. The number of carbonyl (C=O) groups excluding carboxylic acids is 3. The molecule has 9 heteroatoms. The molecule has 0 bridgehead atoms. The molecule has 2 N–H and O–H groups in total. The standard InChI is InChI=1S/C25H20ClN3O5/c1-13-4-7-18(8-5-13)29-23(31)19(22(30)27-25(29)34)11-17-10-14(2)28(15(17)3)21-12-16(24(32)33)6-9-20(21)26/h4-12H,1-3H3,(H,32,33)(H,27,30,34)/b19-11+. The highest BCUT2D eigenvalue weighted by molar-refractivity contribution is 6.39. The average Bonchev–Trinajstić information content (AvgIpc) is 3.05. The van der Waals surface area contributed by atoms with Crippen molar-refractivity contribution in [1.82, 2.24) is 9.88 Å². The van der Waals surface area contributed by atoms with E-state index < -0.39 is 23.8 Å². The van der Waals surface area contributed by atoms with Gasteiger partial charge >= 0.3 is 12.0 Å². The SMILES string of the molecule is Cc1ccc(N2C(=O)NC(=O)/C(=C\c3cc(C)n(-c4cc(C(=O)O)ccc4Cl)c3C)C2=O)cc1. The van der Waals surface area contributed by atoms with Gasteiger partial charge in [0, 0.05) is 11.4 Å². The van der Waals surface area contributed by atoms with Crippen molar-refractivity contribution >= 4 is 47.2 Å². The summed E-state index contributed by atoms with van der Waals surface area (Å²) in [5, 5.41) is 11.9. The number of aryl methyl sites for hydroxylation is 2. The Bertz CT molecular complexity index is 1400. The zero-order valence-electron chi connectivity index (χ0n) is 18.5. The number of carbonyl (C=O) groups is 4. The van der Waals surface area contributed by atoms with Crippen molar-refractivity contribution in [2.24, 2.45) is 0 Å². The number of barbiturate groups is 1. The third kappa shape index (κ3) is 3.99. The normalized spacial score (nSPS) is 15.1. The molecule has 0 aliphatic carbocycles. The van der Waals surface area contributed by atoms with Gasteiger partial charge in [0.25, 0.3) is 11.8 Å². The van der Waals surface area contributed by atoms with Crippen LogP contribution in [0.15, 0.2) is 54.1 Å². The summed E-state index contributed by atoms with van der Waals surface area (Å²) >= 11 is 6.35. The second-order valence-electron chi connectivity index (χ2n) is 7.93. The Morgan fingerprint density at radius 2 is 1.68 bits per heavy atom. The number of urea groups is 1. The summed E-state index contributed by atoms with van der Waals surface area (Å²) in [7, 11) is 0. The van der Waals surface area contributed by atoms with Crippen LogP contribution < -0.4 is 10.2 Å². The predicted molar refractivity (Wildman–Crippen MR) is 127 cm³/mol. The first-order valence-corrected chi connectivity index (χ1v) is 10.7. The van der Waals surface area contributed by atoms with E-state index >= 15 is 0 Å². The number of carboxylic acids is 1. The number of amides is 4. The number of hydrogen-bond donors (Lipinski definition) is 2. The van der Waals surface area contributed by atoms with Gasteiger partial charge in [0.1, 0.15) is 5.57 Å². The van der Waals surface area contributed by atoms with Crippen LogP contribution >= 0.6 is 11.6 Å². The van der Waals surface area contributed by atoms with E-state index in [2.05, 4.69) is 5.32 Å². The quantitative estimate of drug-likeness (QED) is 0.427. The van der Waals surface area contributed by atoms with E-state index in [1.165, 1.54) is 24.3 Å². The van der Waals surface area contributed by atoms with Crippen LogP contribution in [0.3, 0.4) is 0 Å². The molecule has 0 radical (unpaired) electrons. The molecule has 1 saturated heterocycles. The lowest BCUT2D eigenvalue weighted by Gasteiger charge is -2.26. The summed E-state index contributed by atoms with van der Waals surface area (Å²) in [4.78, 5) is 50.5. The summed E-state index contributed by atoms with van der Waals surface area (Å²) in [6, 6.07) is 12.1. The molecule has 34 heavy (non-hydrogen) atoms. The molecule has 0 spiro atoms. The molecule has 1 fully saturated rings. The second-order valence-corrected chi connectivity index (χ2v) is 8.33. The van der Waals surface area contributed by atoms with E-state index in [0.29, 0.717) is 33.3 Å². The van der Waals surface area contributed by atoms with Gasteiger partial charge in [0.05, 0.1) is 22.0 Å². The van der Waals surface area contributed by atoms with Gasteiger partial charge in [-0.15, -0.1) is 0 Å². The maximum Gasteiger partial charge on any atom is 0.335 e. The summed E-state index contributed by atoms with van der Waals surface area (Å²) in [6.45, 7) is 5.44. The maximum atomic E-state index is 13.2. The molecular weight excluding hydrogens is 458 g/mol. The Hall–Kier alpha value is -4.17. The number of carboxylic acid groups (broad SMARTS) is 1. The summed E-state index contributed by atoms with van der Waals surface area (Å²) in [5.41, 5.74) is 3.51. The van der Waals surface area contributed by atoms with Gasteiger partial charge < -0.3 is 9.67 Å². The van der Waals surface area contributed by atoms with E-state index in [0.717, 1.165) is 10.5 Å². The summed E-state index contributed by atoms with van der Waals surface area (Å²) in [6.07, 6.45) is 1.42. The molecule has 0 atom stereocenters. The fraction of sp³-hybridized carbons (Fsp3) is 0.120. The predicted octanol–water partition coefficient (Wildman–Crippen LogP) is 4.42. The van der Waals surface area contributed by atoms with Gasteiger partial charge in [-0.1, -0.05) is 29.3 Å². The smallest absolute Gasteiger partial charge is 0.335 e. The van der Waals surface area contributed by atoms with E-state index in [4.69, 9.17) is 11.6 Å². The zero-order valence-corrected chi connectivity index (χ0v) is 19.3. The largest absolute Gasteiger partial charge is 0.478 e. The first kappa shape index (κ1) is 23.0. The monoisotopic (exact) mass is 477 g/mol. The molecule has 4 rings (SSSR count). The van der Waals surface area contributed by atoms with E-state index in [9.17, 15) is 24.3 Å². The van der Waals surface area contributed by atoms with Gasteiger partial charge in [-0.3, -0.25) is 14.9 Å². The van der Waals surface area contributed by atoms with E-state index in [-0.39, 0.29) is 11.1 Å². The number of anilines is 1. The number of rotatable bonds is 4. The number of nitrogens with one attached hydrogen (secondary N) is 1. The molecular formula is C25H20ClN3O5. The molecule has 1 aliphatic rings. The van der Waals surface area contributed by atoms with Crippen molar-refractivity contribution in [2.75, 3.05) is 4.90 Å². The summed E-state index contributed by atoms with van der Waals surface area (Å²) < 4.78 is 1.75. The molecule has 172 valence electrons. The van der Waals surface area contributed by atoms with Crippen LogP contribution in [0, 0.1) is 20.8 Å². The van der Waals surface area contributed by atoms with Crippen LogP contribution in [0.1, 0.15) is 32.9 Å². The van der Waals surface area contributed by atoms with Gasteiger partial charge in [-0.2, -0.15) is 0 Å². The minimum atomic E-state index is -1.09. The van der Waals surface area contributed by atoms with Crippen LogP contribution in [0.4, 0.5) is 10.5 Å². The average molecular weight is 478 g/mol. The molecule has 1 aromatic heterocycles. The molecule has 0 unspecified atom stereocenters. The van der Waals surface area contributed by atoms with Crippen LogP contribution in [-0.4, -0.2) is 33.5 Å². The molecule has 0 saturated carbocycles. The fourth-order valence-electron chi connectivity index (χ4n) is 3.86. The summed E-state index contributed by atoms with van der Waals surface area (Å²) in [5.74, 6) is -2.63. The molecule has 3 aromatic rings. The third-order valence-corrected chi connectivity index (χ3v) is 5.92. The van der Waals surface area contributed by atoms with E-state index in [1.54, 1.807) is 48.7 Å². The lowest BCUT2D eigenvalue weighted by molar-refractivity contribution is -0.122. The number of nitrogens with zero attached hydrogens (tertiary/aromatic N) is 2. The van der Waals surface area contributed by atoms with Gasteiger partial charge in [0.2, 0.25) is 0 Å². The number of benzene rings is 2. The molecule has 2 heterocycles. The number of aromatic nitrogens is 1. The maximum absolute atomic E-state index is 13.2. The number of halogens is 1. The van der Waals surface area contributed by atoms with Crippen molar-refractivity contribution in [3.8, 4) is 5.69 Å². The van der Waals surface area contributed by atoms with Crippen molar-refractivity contribution < 1.29 is 24.3 Å². The Kier molecular flexibility index (Phi) is 5.85. The lowest BCUT2D eigenvalue weighted by Crippen LogP contribution is -2.54. The highest BCUT2D eigenvalue weighted by Gasteiger charge is 2.37. The molecule has 1 aliphatic heterocycles. The Labute approximate surface area is 200 Å². The lowest BCUT2D eigenvalue weighted by atomic mass is 10.1. The second kappa shape index (κ2) is 8.64. The third-order valence-electron chi connectivity index (χ3n) is 5.60. The van der Waals surface area contributed by atoms with Crippen LogP contribution in [0.2, 0.25) is 5.02 Å². The Morgan fingerprint density at radius 1 is 1.00 bits per heavy atom. The van der Waals surface area contributed by atoms with Crippen molar-refractivity contribution in [2.45, 2.75) is 20.8 Å². The van der Waals surface area contributed by atoms with Gasteiger partial charge in [-0.25, -0.2) is 14.5 Å². The van der Waals surface area contributed by atoms with Crippen molar-refractivity contribution in [3.63, 3.8) is 0 Å². The first-order valence-electron chi connectivity index (χ1n) is 10.3. The number of imide groups is 2. The van der Waals surface area contributed by atoms with Crippen LogP contribution in [0.25, 0.3) is 11.8 Å². The first-order chi connectivity index (χ1) is 16.1. The van der Waals surface area contributed by atoms with E-state index in [1.807, 2.05) is 6.92 Å². The fourth-order valence-corrected chi connectivity index (χ4v) is 4.06. The van der Waals surface area contributed by atoms with Crippen LogP contribution in [0.5, 0.6) is 0 Å². The minimum Gasteiger partial charge on any atom is -0.478 e. The van der Waals surface area contributed by atoms with Crippen molar-refractivity contribution in [1.29, 1.82) is 0 Å². The Morgan fingerprint density at radius 3 is 2.32 bits per heavy atom. The zero-order chi connectivity index (χ0) is 24.7. The molecule has 2 aromatic carbocycles. The Balaban J connectivity index is 1.79. The highest BCUT2D eigenvalue weighted by atomic mass is 35.5. The van der Waals surface area contributed by atoms with Gasteiger partial charge in [-0.05, 0) is 68.8 Å².